The summed E-state index contributed by atoms with van der Waals surface area (Å²) in [6.07, 6.45) is 4.15. The zero-order chi connectivity index (χ0) is 20.9. The number of rotatable bonds is 7. The van der Waals surface area contributed by atoms with Crippen LogP contribution in [-0.4, -0.2) is 74.1 Å². The van der Waals surface area contributed by atoms with Crippen LogP contribution in [0.4, 0.5) is 0 Å². The second-order valence-electron chi connectivity index (χ2n) is 6.94. The molecule has 0 unspecified atom stereocenters. The molecule has 2 fully saturated rings. The van der Waals surface area contributed by atoms with Gasteiger partial charge in [-0.1, -0.05) is 18.2 Å². The minimum atomic E-state index is -3.58. The van der Waals surface area contributed by atoms with E-state index < -0.39 is 15.9 Å². The first-order chi connectivity index (χ1) is 13.9. The Morgan fingerprint density at radius 3 is 2.28 bits per heavy atom. The van der Waals surface area contributed by atoms with Gasteiger partial charge in [0.05, 0.1) is 11.4 Å². The summed E-state index contributed by atoms with van der Waals surface area (Å²) < 4.78 is 26.5. The van der Waals surface area contributed by atoms with Gasteiger partial charge in [0, 0.05) is 44.4 Å². The van der Waals surface area contributed by atoms with E-state index in [0.29, 0.717) is 0 Å². The van der Waals surface area contributed by atoms with Crippen molar-refractivity contribution in [3.63, 3.8) is 0 Å². The highest BCUT2D eigenvalue weighted by molar-refractivity contribution is 7.89. The van der Waals surface area contributed by atoms with E-state index >= 15 is 0 Å². The number of hydrogen-bond donors (Lipinski definition) is 2. The van der Waals surface area contributed by atoms with Crippen molar-refractivity contribution in [2.75, 3.05) is 32.7 Å². The van der Waals surface area contributed by atoms with Gasteiger partial charge < -0.3 is 15.5 Å². The van der Waals surface area contributed by atoms with E-state index in [-0.39, 0.29) is 55.5 Å². The van der Waals surface area contributed by atoms with Crippen LogP contribution in [0.25, 0.3) is 0 Å². The van der Waals surface area contributed by atoms with Crippen LogP contribution in [0.3, 0.4) is 0 Å². The molecule has 156 valence electrons. The second-order valence-corrected chi connectivity index (χ2v) is 8.87. The Labute approximate surface area is 169 Å². The van der Waals surface area contributed by atoms with Gasteiger partial charge in [-0.2, -0.15) is 4.31 Å². The maximum absolute atomic E-state index is 12.6. The lowest BCUT2D eigenvalue weighted by Gasteiger charge is -2.33. The van der Waals surface area contributed by atoms with Crippen molar-refractivity contribution in [2.45, 2.75) is 23.8 Å². The van der Waals surface area contributed by atoms with Crippen molar-refractivity contribution in [1.82, 2.24) is 19.8 Å². The van der Waals surface area contributed by atoms with Crippen LogP contribution in [0.2, 0.25) is 0 Å². The molecule has 2 aliphatic rings. The van der Waals surface area contributed by atoms with Crippen molar-refractivity contribution in [1.29, 1.82) is 0 Å². The molecule has 1 aromatic rings. The Hall–Kier alpha value is -2.72. The molecule has 3 rings (SSSR count). The summed E-state index contributed by atoms with van der Waals surface area (Å²) in [4.78, 5) is 37.2. The third-order valence-electron chi connectivity index (χ3n) is 4.67. The third kappa shape index (κ3) is 5.88. The Balaban J connectivity index is 1.44. The molecule has 1 saturated heterocycles. The first-order valence-corrected chi connectivity index (χ1v) is 10.9. The number of hydrogen-bond acceptors (Lipinski definition) is 5. The van der Waals surface area contributed by atoms with Crippen LogP contribution in [0, 0.1) is 0 Å². The van der Waals surface area contributed by atoms with Crippen molar-refractivity contribution in [3.8, 4) is 0 Å². The molecule has 1 heterocycles. The Morgan fingerprint density at radius 2 is 1.66 bits per heavy atom. The monoisotopic (exact) mass is 420 g/mol. The summed E-state index contributed by atoms with van der Waals surface area (Å²) in [5.74, 6) is -1.16. The molecule has 0 radical (unpaired) electrons. The predicted molar refractivity (Wildman–Crippen MR) is 105 cm³/mol. The molecular weight excluding hydrogens is 396 g/mol. The molecular formula is C19H24N4O5S. The standard InChI is InChI=1S/C19H24N4O5S/c24-17(20-14-18(25)21-15-6-7-15)8-9-19(26)22-10-12-23(13-11-22)29(27,28)16-4-2-1-3-5-16/h1-5,8-9,15H,6-7,10-14H2,(H,20,24)(H,21,25)/b9-8+. The molecule has 0 aromatic heterocycles. The number of benzene rings is 1. The van der Waals surface area contributed by atoms with Gasteiger partial charge in [0.2, 0.25) is 27.7 Å². The maximum Gasteiger partial charge on any atom is 0.246 e. The summed E-state index contributed by atoms with van der Waals surface area (Å²) in [6.45, 7) is 0.708. The molecule has 9 nitrogen and oxygen atoms in total. The van der Waals surface area contributed by atoms with E-state index in [1.165, 1.54) is 9.21 Å². The lowest BCUT2D eigenvalue weighted by molar-refractivity contribution is -0.127. The fourth-order valence-electron chi connectivity index (χ4n) is 2.88. The maximum atomic E-state index is 12.6. The largest absolute Gasteiger partial charge is 0.352 e. The molecule has 0 spiro atoms. The van der Waals surface area contributed by atoms with Crippen molar-refractivity contribution in [3.05, 3.63) is 42.5 Å². The van der Waals surface area contributed by atoms with Crippen LogP contribution in [0.5, 0.6) is 0 Å². The molecule has 0 bridgehead atoms. The number of carbonyl (C=O) groups excluding carboxylic acids is 3. The lowest BCUT2D eigenvalue weighted by Crippen LogP contribution is -2.50. The van der Waals surface area contributed by atoms with E-state index in [0.717, 1.165) is 25.0 Å². The molecule has 1 aromatic carbocycles. The molecule has 3 amide bonds. The fourth-order valence-corrected chi connectivity index (χ4v) is 4.32. The lowest BCUT2D eigenvalue weighted by atomic mass is 10.3. The molecule has 1 aliphatic heterocycles. The SMILES string of the molecule is O=C(/C=C/C(=O)N1CCN(S(=O)(=O)c2ccccc2)CC1)NCC(=O)NC1CC1. The van der Waals surface area contributed by atoms with Gasteiger partial charge in [-0.05, 0) is 25.0 Å². The Bertz CT molecular complexity index is 888. The summed E-state index contributed by atoms with van der Waals surface area (Å²) in [6, 6.07) is 8.38. The van der Waals surface area contributed by atoms with E-state index in [2.05, 4.69) is 10.6 Å². The normalized spacial score (nSPS) is 17.9. The van der Waals surface area contributed by atoms with E-state index in [4.69, 9.17) is 0 Å². The average molecular weight is 420 g/mol. The van der Waals surface area contributed by atoms with Crippen molar-refractivity contribution < 1.29 is 22.8 Å². The first-order valence-electron chi connectivity index (χ1n) is 9.45. The predicted octanol–water partition coefficient (Wildman–Crippen LogP) is -0.529. The number of nitrogens with zero attached hydrogens (tertiary/aromatic N) is 2. The zero-order valence-corrected chi connectivity index (χ0v) is 16.7. The Morgan fingerprint density at radius 1 is 1.00 bits per heavy atom. The molecule has 29 heavy (non-hydrogen) atoms. The molecule has 1 saturated carbocycles. The zero-order valence-electron chi connectivity index (χ0n) is 15.9. The van der Waals surface area contributed by atoms with Crippen molar-refractivity contribution >= 4 is 27.7 Å². The van der Waals surface area contributed by atoms with Crippen LogP contribution in [0.1, 0.15) is 12.8 Å². The quantitative estimate of drug-likeness (QED) is 0.576. The van der Waals surface area contributed by atoms with Gasteiger partial charge in [-0.25, -0.2) is 8.42 Å². The number of piperazine rings is 1. The smallest absolute Gasteiger partial charge is 0.246 e. The van der Waals surface area contributed by atoms with Gasteiger partial charge in [-0.3, -0.25) is 14.4 Å². The minimum Gasteiger partial charge on any atom is -0.352 e. The summed E-state index contributed by atoms with van der Waals surface area (Å²) >= 11 is 0. The van der Waals surface area contributed by atoms with Gasteiger partial charge in [-0.15, -0.1) is 0 Å². The van der Waals surface area contributed by atoms with Crippen LogP contribution in [0.15, 0.2) is 47.4 Å². The Kier molecular flexibility index (Phi) is 6.65. The highest BCUT2D eigenvalue weighted by atomic mass is 32.2. The summed E-state index contributed by atoms with van der Waals surface area (Å²) in [5, 5.41) is 5.17. The fraction of sp³-hybridized carbons (Fsp3) is 0.421. The molecule has 2 N–H and O–H groups in total. The third-order valence-corrected chi connectivity index (χ3v) is 6.59. The van der Waals surface area contributed by atoms with Gasteiger partial charge in [0.1, 0.15) is 0 Å². The number of nitrogens with one attached hydrogen (secondary N) is 2. The average Bonchev–Trinajstić information content (AvgIpc) is 3.55. The van der Waals surface area contributed by atoms with E-state index in [1.54, 1.807) is 30.3 Å². The van der Waals surface area contributed by atoms with Crippen LogP contribution >= 0.6 is 0 Å². The number of carbonyl (C=O) groups is 3. The topological polar surface area (TPSA) is 116 Å². The number of amides is 3. The number of sulfonamides is 1. The molecule has 0 atom stereocenters. The van der Waals surface area contributed by atoms with Crippen LogP contribution in [-0.2, 0) is 24.4 Å². The van der Waals surface area contributed by atoms with Gasteiger partial charge in [0.15, 0.2) is 0 Å². The van der Waals surface area contributed by atoms with E-state index in [1.807, 2.05) is 0 Å². The second kappa shape index (κ2) is 9.19. The van der Waals surface area contributed by atoms with Crippen LogP contribution < -0.4 is 10.6 Å². The molecule has 10 heteroatoms. The summed E-state index contributed by atoms with van der Waals surface area (Å²) in [5.41, 5.74) is 0. The first kappa shape index (κ1) is 21.0. The highest BCUT2D eigenvalue weighted by Gasteiger charge is 2.29. The summed E-state index contributed by atoms with van der Waals surface area (Å²) in [7, 11) is -3.58. The van der Waals surface area contributed by atoms with Gasteiger partial charge >= 0.3 is 0 Å². The molecule has 1 aliphatic carbocycles. The van der Waals surface area contributed by atoms with E-state index in [9.17, 15) is 22.8 Å². The van der Waals surface area contributed by atoms with Gasteiger partial charge in [0.25, 0.3) is 0 Å². The highest BCUT2D eigenvalue weighted by Crippen LogP contribution is 2.18. The minimum absolute atomic E-state index is 0.135. The van der Waals surface area contributed by atoms with Crippen molar-refractivity contribution in [2.24, 2.45) is 0 Å².